The van der Waals surface area contributed by atoms with Gasteiger partial charge in [-0.25, -0.2) is 4.79 Å². The number of rotatable bonds is 2. The number of carbonyl (C=O) groups is 1. The molecule has 0 unspecified atom stereocenters. The fourth-order valence-electron chi connectivity index (χ4n) is 0.104. The van der Waals surface area contributed by atoms with Gasteiger partial charge in [0.25, 0.3) is 0 Å². The summed E-state index contributed by atoms with van der Waals surface area (Å²) < 4.78 is 75.3. The Labute approximate surface area is 62.6 Å². The van der Waals surface area contributed by atoms with Crippen molar-refractivity contribution < 1.29 is 28.0 Å². The van der Waals surface area contributed by atoms with Crippen molar-refractivity contribution in [1.82, 2.24) is 0 Å². The smallest absolute Gasteiger partial charge is 0.435 e. The molecule has 0 aromatic rings. The summed E-state index contributed by atoms with van der Waals surface area (Å²) in [6, 6.07) is 0. The van der Waals surface area contributed by atoms with E-state index in [1.807, 2.05) is 0 Å². The first-order valence-corrected chi connectivity index (χ1v) is 1.52. The Kier molecular flexibility index (Phi) is 0.598. The van der Waals surface area contributed by atoms with Crippen molar-refractivity contribution in [3.05, 3.63) is 0 Å². The first-order chi connectivity index (χ1) is 7.60. The molecule has 0 aromatic heterocycles. The summed E-state index contributed by atoms with van der Waals surface area (Å²) >= 11 is 0. The van der Waals surface area contributed by atoms with Crippen LogP contribution in [0.25, 0.3) is 0 Å². The lowest BCUT2D eigenvalue weighted by Crippen LogP contribution is -2.05. The lowest BCUT2D eigenvalue weighted by Gasteiger charge is -1.98. The maximum atomic E-state index is 10.9. The Hall–Kier alpha value is -0.730. The summed E-state index contributed by atoms with van der Waals surface area (Å²) in [5.74, 6) is 0. The maximum absolute atomic E-state index is 10.9. The summed E-state index contributed by atoms with van der Waals surface area (Å²) in [6.07, 6.45) is -2.07. The van der Waals surface area contributed by atoms with Gasteiger partial charge in [0, 0.05) is 8.22 Å². The van der Waals surface area contributed by atoms with E-state index in [-0.39, 0.29) is 0 Å². The Morgan fingerprint density at radius 2 is 2.12 bits per heavy atom. The van der Waals surface area contributed by atoms with E-state index in [0.717, 1.165) is 0 Å². The molecule has 3 nitrogen and oxygen atoms in total. The van der Waals surface area contributed by atoms with Crippen LogP contribution in [-0.4, -0.2) is 19.3 Å². The molecule has 0 radical (unpaired) electrons. The second-order valence-corrected chi connectivity index (χ2v) is 0.658. The molecule has 0 aliphatic carbocycles. The largest absolute Gasteiger partial charge is 0.508 e. The Balaban J connectivity index is 4.75. The van der Waals surface area contributed by atoms with Gasteiger partial charge in [0.2, 0.25) is 0 Å². The molecule has 0 heterocycles. The van der Waals surface area contributed by atoms with Crippen LogP contribution in [0.2, 0.25) is 0 Å². The Morgan fingerprint density at radius 1 is 1.62 bits per heavy atom. The lowest BCUT2D eigenvalue weighted by atomic mass is 10.8. The van der Waals surface area contributed by atoms with Crippen LogP contribution in [0.1, 0.15) is 27.4 Å². The van der Waals surface area contributed by atoms with E-state index in [2.05, 4.69) is 9.47 Å². The topological polar surface area (TPSA) is 35.5 Å². The Morgan fingerprint density at radius 3 is 2.50 bits per heavy atom. The molecule has 0 atom stereocenters. The van der Waals surface area contributed by atoms with Crippen molar-refractivity contribution in [3.63, 3.8) is 0 Å². The first kappa shape index (κ1) is 1.08. The SMILES string of the molecule is [2H]C([2H])([2H])C([2H])([2H])OC(=O)OC([2H])([2H])C([2H])([2H])[2H]. The number of hydrogen-bond acceptors (Lipinski definition) is 3. The second kappa shape index (κ2) is 4.43. The second-order valence-electron chi connectivity index (χ2n) is 0.658. The van der Waals surface area contributed by atoms with Gasteiger partial charge in [-0.2, -0.15) is 0 Å². The number of carbonyl (C=O) groups excluding carboxylic acids is 1. The van der Waals surface area contributed by atoms with Crippen molar-refractivity contribution in [2.45, 2.75) is 13.7 Å². The highest BCUT2D eigenvalue weighted by atomic mass is 16.7. The number of hydrogen-bond donors (Lipinski definition) is 0. The molecule has 0 fully saturated rings. The van der Waals surface area contributed by atoms with E-state index in [4.69, 9.17) is 13.7 Å². The van der Waals surface area contributed by atoms with Crippen LogP contribution in [0.5, 0.6) is 0 Å². The van der Waals surface area contributed by atoms with E-state index in [9.17, 15) is 4.79 Å². The predicted octanol–water partition coefficient (Wildman–Crippen LogP) is 1.18. The maximum Gasteiger partial charge on any atom is 0.508 e. The van der Waals surface area contributed by atoms with E-state index in [1.165, 1.54) is 0 Å². The normalized spacial score (nSPS) is 33.5. The van der Waals surface area contributed by atoms with Crippen LogP contribution >= 0.6 is 0 Å². The van der Waals surface area contributed by atoms with Crippen LogP contribution in [0.4, 0.5) is 4.79 Å². The predicted molar refractivity (Wildman–Crippen MR) is 28.6 cm³/mol. The van der Waals surface area contributed by atoms with Crippen molar-refractivity contribution in [2.75, 3.05) is 13.1 Å². The summed E-state index contributed by atoms with van der Waals surface area (Å²) in [4.78, 5) is 10.9. The van der Waals surface area contributed by atoms with Crippen molar-refractivity contribution >= 4 is 6.16 Å². The fourth-order valence-corrected chi connectivity index (χ4v) is 0.104. The van der Waals surface area contributed by atoms with E-state index in [1.54, 1.807) is 0 Å². The fraction of sp³-hybridized carbons (Fsp3) is 0.800. The van der Waals surface area contributed by atoms with Gasteiger partial charge < -0.3 is 9.47 Å². The average molecular weight is 128 g/mol. The zero-order valence-corrected chi connectivity index (χ0v) is 3.72. The van der Waals surface area contributed by atoms with Crippen LogP contribution in [0.15, 0.2) is 0 Å². The van der Waals surface area contributed by atoms with Crippen molar-refractivity contribution in [1.29, 1.82) is 0 Å². The van der Waals surface area contributed by atoms with Crippen LogP contribution < -0.4 is 0 Å². The molecule has 0 aliphatic heterocycles. The molecule has 0 saturated heterocycles. The zero-order chi connectivity index (χ0) is 15.0. The van der Waals surface area contributed by atoms with Gasteiger partial charge in [0.05, 0.1) is 18.6 Å². The van der Waals surface area contributed by atoms with Gasteiger partial charge in [0.1, 0.15) is 0 Å². The van der Waals surface area contributed by atoms with Gasteiger partial charge in [-0.3, -0.25) is 0 Å². The van der Waals surface area contributed by atoms with Gasteiger partial charge in [-0.05, 0) is 13.7 Å². The molecular formula is C5H10O3. The third-order valence-electron chi connectivity index (χ3n) is 0.269. The minimum absolute atomic E-state index is 2.07. The van der Waals surface area contributed by atoms with Crippen LogP contribution in [0.3, 0.4) is 0 Å². The molecule has 3 heteroatoms. The lowest BCUT2D eigenvalue weighted by molar-refractivity contribution is 0.0630. The molecule has 0 saturated carbocycles. The van der Waals surface area contributed by atoms with Gasteiger partial charge in [-0.1, -0.05) is 0 Å². The minimum Gasteiger partial charge on any atom is -0.435 e. The molecule has 0 amide bonds. The third kappa shape index (κ3) is 3.46. The van der Waals surface area contributed by atoms with Crippen molar-refractivity contribution in [3.8, 4) is 0 Å². The minimum atomic E-state index is -3.42. The molecule has 0 N–H and O–H groups in total. The van der Waals surface area contributed by atoms with E-state index in [0.29, 0.717) is 0 Å². The first-order valence-electron chi connectivity index (χ1n) is 6.52. The quantitative estimate of drug-likeness (QED) is 0.524. The number of ether oxygens (including phenoxy) is 2. The van der Waals surface area contributed by atoms with Gasteiger partial charge >= 0.3 is 6.16 Å². The molecular weight excluding hydrogens is 108 g/mol. The molecule has 0 bridgehead atoms. The Bertz CT molecular complexity index is 284. The average Bonchev–Trinajstić information content (AvgIpc) is 1.95. The van der Waals surface area contributed by atoms with E-state index < -0.39 is 33.0 Å². The summed E-state index contributed by atoms with van der Waals surface area (Å²) in [7, 11) is 0. The van der Waals surface area contributed by atoms with Gasteiger partial charge in [-0.15, -0.1) is 0 Å². The molecule has 8 heavy (non-hydrogen) atoms. The van der Waals surface area contributed by atoms with Gasteiger partial charge in [0.15, 0.2) is 0 Å². The molecule has 0 aliphatic rings. The van der Waals surface area contributed by atoms with Crippen LogP contribution in [-0.2, 0) is 9.47 Å². The van der Waals surface area contributed by atoms with E-state index >= 15 is 0 Å². The highest BCUT2D eigenvalue weighted by Crippen LogP contribution is 1.81. The highest BCUT2D eigenvalue weighted by Gasteiger charge is 1.96. The summed E-state index contributed by atoms with van der Waals surface area (Å²) in [6.45, 7) is -13.5. The third-order valence-corrected chi connectivity index (χ3v) is 0.269. The standard InChI is InChI=1S/C5H10O3/c1-3-7-5(6)8-4-2/h3-4H2,1-2H3/i1D3,2D3,3D2,4D2. The molecule has 0 spiro atoms. The summed E-state index contributed by atoms with van der Waals surface area (Å²) in [5.41, 5.74) is 0. The monoisotopic (exact) mass is 128 g/mol. The molecule has 0 rings (SSSR count). The molecule has 48 valence electrons. The van der Waals surface area contributed by atoms with Crippen LogP contribution in [0, 0.1) is 0 Å². The highest BCUT2D eigenvalue weighted by molar-refractivity contribution is 5.59. The van der Waals surface area contributed by atoms with Crippen molar-refractivity contribution in [2.24, 2.45) is 0 Å². The molecule has 0 aromatic carbocycles. The zero-order valence-electron chi connectivity index (χ0n) is 13.7. The summed E-state index contributed by atoms with van der Waals surface area (Å²) in [5, 5.41) is 0.